The average Bonchev–Trinajstić information content (AvgIpc) is 2.89. The molecule has 1 atom stereocenters. The average molecular weight is 280 g/mol. The van der Waals surface area contributed by atoms with Gasteiger partial charge in [0.15, 0.2) is 0 Å². The topological polar surface area (TPSA) is 33.4 Å². The molecule has 3 aromatic rings. The number of pyridine rings is 2. The SMILES string of the molecule is Cc1ccn2c(CN(C)[C@@H](C)c3cccnc3)cnc2c1. The van der Waals surface area contributed by atoms with Crippen molar-refractivity contribution < 1.29 is 0 Å². The largest absolute Gasteiger partial charge is 0.303 e. The second-order valence-corrected chi connectivity index (χ2v) is 5.56. The predicted octanol–water partition coefficient (Wildman–Crippen LogP) is 3.23. The second-order valence-electron chi connectivity index (χ2n) is 5.56. The van der Waals surface area contributed by atoms with Crippen LogP contribution in [0, 0.1) is 6.92 Å². The second kappa shape index (κ2) is 5.66. The van der Waals surface area contributed by atoms with Gasteiger partial charge < -0.3 is 4.40 Å². The molecule has 0 aromatic carbocycles. The highest BCUT2D eigenvalue weighted by Gasteiger charge is 2.14. The molecule has 3 heterocycles. The first-order valence-corrected chi connectivity index (χ1v) is 7.18. The van der Waals surface area contributed by atoms with Gasteiger partial charge in [0.05, 0.1) is 11.9 Å². The first-order chi connectivity index (χ1) is 10.1. The van der Waals surface area contributed by atoms with E-state index in [-0.39, 0.29) is 0 Å². The predicted molar refractivity (Wildman–Crippen MR) is 84.0 cm³/mol. The lowest BCUT2D eigenvalue weighted by molar-refractivity contribution is 0.249. The monoisotopic (exact) mass is 280 g/mol. The van der Waals surface area contributed by atoms with Crippen molar-refractivity contribution in [3.63, 3.8) is 0 Å². The van der Waals surface area contributed by atoms with Crippen molar-refractivity contribution in [2.45, 2.75) is 26.4 Å². The molecule has 21 heavy (non-hydrogen) atoms. The van der Waals surface area contributed by atoms with E-state index in [1.165, 1.54) is 16.8 Å². The van der Waals surface area contributed by atoms with Crippen LogP contribution in [0.25, 0.3) is 5.65 Å². The van der Waals surface area contributed by atoms with E-state index in [4.69, 9.17) is 0 Å². The summed E-state index contributed by atoms with van der Waals surface area (Å²) < 4.78 is 2.15. The van der Waals surface area contributed by atoms with Gasteiger partial charge in [-0.2, -0.15) is 0 Å². The lowest BCUT2D eigenvalue weighted by Gasteiger charge is -2.24. The van der Waals surface area contributed by atoms with Gasteiger partial charge in [-0.05, 0) is 50.2 Å². The Morgan fingerprint density at radius 1 is 1.29 bits per heavy atom. The molecule has 4 nitrogen and oxygen atoms in total. The zero-order chi connectivity index (χ0) is 14.8. The molecule has 0 bridgehead atoms. The molecule has 3 rings (SSSR count). The highest BCUT2D eigenvalue weighted by molar-refractivity contribution is 5.42. The third kappa shape index (κ3) is 2.81. The van der Waals surface area contributed by atoms with E-state index in [1.807, 2.05) is 24.7 Å². The number of hydrogen-bond donors (Lipinski definition) is 0. The van der Waals surface area contributed by atoms with Crippen LogP contribution < -0.4 is 0 Å². The fourth-order valence-corrected chi connectivity index (χ4v) is 2.52. The molecule has 0 aliphatic rings. The number of aryl methyl sites for hydroxylation is 1. The Morgan fingerprint density at radius 3 is 2.90 bits per heavy atom. The Balaban J connectivity index is 1.81. The van der Waals surface area contributed by atoms with E-state index in [0.29, 0.717) is 6.04 Å². The molecular formula is C17H20N4. The summed E-state index contributed by atoms with van der Waals surface area (Å²) in [5.41, 5.74) is 4.66. The minimum Gasteiger partial charge on any atom is -0.303 e. The Bertz CT molecular complexity index is 733. The van der Waals surface area contributed by atoms with Crippen LogP contribution in [0.5, 0.6) is 0 Å². The third-order valence-corrected chi connectivity index (χ3v) is 3.98. The van der Waals surface area contributed by atoms with Crippen molar-refractivity contribution in [2.24, 2.45) is 0 Å². The minimum absolute atomic E-state index is 0.315. The van der Waals surface area contributed by atoms with Gasteiger partial charge in [0.1, 0.15) is 5.65 Å². The molecule has 0 aliphatic heterocycles. The Hall–Kier alpha value is -2.20. The Morgan fingerprint density at radius 2 is 2.14 bits per heavy atom. The molecule has 4 heteroatoms. The summed E-state index contributed by atoms with van der Waals surface area (Å²) in [6.07, 6.45) is 7.79. The fraction of sp³-hybridized carbons (Fsp3) is 0.294. The number of imidazole rings is 1. The lowest BCUT2D eigenvalue weighted by Crippen LogP contribution is -2.22. The summed E-state index contributed by atoms with van der Waals surface area (Å²) in [5.74, 6) is 0. The summed E-state index contributed by atoms with van der Waals surface area (Å²) in [4.78, 5) is 11.0. The zero-order valence-corrected chi connectivity index (χ0v) is 12.7. The van der Waals surface area contributed by atoms with Crippen LogP contribution in [0.2, 0.25) is 0 Å². The van der Waals surface area contributed by atoms with Crippen molar-refractivity contribution in [2.75, 3.05) is 7.05 Å². The number of rotatable bonds is 4. The summed E-state index contributed by atoms with van der Waals surface area (Å²) in [6.45, 7) is 5.13. The van der Waals surface area contributed by atoms with Crippen LogP contribution in [0.4, 0.5) is 0 Å². The normalized spacial score (nSPS) is 13.0. The molecule has 3 aromatic heterocycles. The van der Waals surface area contributed by atoms with Crippen LogP contribution in [0.3, 0.4) is 0 Å². The number of aromatic nitrogens is 3. The molecule has 0 amide bonds. The highest BCUT2D eigenvalue weighted by atomic mass is 15.1. The standard InChI is InChI=1S/C17H20N4/c1-13-6-8-21-16(11-19-17(21)9-13)12-20(3)14(2)15-5-4-7-18-10-15/h4-11,14H,12H2,1-3H3/t14-/m0/s1. The van der Waals surface area contributed by atoms with Crippen LogP contribution in [0.1, 0.15) is 29.8 Å². The summed E-state index contributed by atoms with van der Waals surface area (Å²) >= 11 is 0. The van der Waals surface area contributed by atoms with Crippen LogP contribution in [0.15, 0.2) is 49.1 Å². The molecular weight excluding hydrogens is 260 g/mol. The first kappa shape index (κ1) is 13.8. The van der Waals surface area contributed by atoms with Crippen LogP contribution >= 0.6 is 0 Å². The number of hydrogen-bond acceptors (Lipinski definition) is 3. The highest BCUT2D eigenvalue weighted by Crippen LogP contribution is 2.20. The van der Waals surface area contributed by atoms with Crippen LogP contribution in [-0.2, 0) is 6.54 Å². The molecule has 0 aliphatic carbocycles. The van der Waals surface area contributed by atoms with E-state index >= 15 is 0 Å². The van der Waals surface area contributed by atoms with Gasteiger partial charge in [-0.3, -0.25) is 9.88 Å². The summed E-state index contributed by atoms with van der Waals surface area (Å²) in [5, 5.41) is 0. The molecule has 0 radical (unpaired) electrons. The fourth-order valence-electron chi connectivity index (χ4n) is 2.52. The molecule has 108 valence electrons. The van der Waals surface area contributed by atoms with E-state index in [1.54, 1.807) is 0 Å². The Labute approximate surface area is 125 Å². The summed E-state index contributed by atoms with van der Waals surface area (Å²) in [7, 11) is 2.13. The molecule has 0 N–H and O–H groups in total. The third-order valence-electron chi connectivity index (χ3n) is 3.98. The van der Waals surface area contributed by atoms with E-state index < -0.39 is 0 Å². The molecule has 0 saturated carbocycles. The first-order valence-electron chi connectivity index (χ1n) is 7.18. The molecule has 0 saturated heterocycles. The molecule has 0 spiro atoms. The smallest absolute Gasteiger partial charge is 0.137 e. The quantitative estimate of drug-likeness (QED) is 0.735. The van der Waals surface area contributed by atoms with Gasteiger partial charge in [0, 0.05) is 31.2 Å². The maximum absolute atomic E-state index is 4.49. The van der Waals surface area contributed by atoms with Crippen molar-refractivity contribution in [3.05, 3.63) is 65.9 Å². The van der Waals surface area contributed by atoms with Crippen molar-refractivity contribution in [1.29, 1.82) is 0 Å². The van der Waals surface area contributed by atoms with Gasteiger partial charge in [-0.1, -0.05) is 6.07 Å². The Kier molecular flexibility index (Phi) is 3.71. The number of fused-ring (bicyclic) bond motifs is 1. The van der Waals surface area contributed by atoms with Gasteiger partial charge in [-0.15, -0.1) is 0 Å². The van der Waals surface area contributed by atoms with Gasteiger partial charge >= 0.3 is 0 Å². The molecule has 0 unspecified atom stereocenters. The van der Waals surface area contributed by atoms with E-state index in [0.717, 1.165) is 12.2 Å². The van der Waals surface area contributed by atoms with Crippen LogP contribution in [-0.4, -0.2) is 26.3 Å². The van der Waals surface area contributed by atoms with E-state index in [9.17, 15) is 0 Å². The summed E-state index contributed by atoms with van der Waals surface area (Å²) in [6, 6.07) is 8.63. The lowest BCUT2D eigenvalue weighted by atomic mass is 10.1. The maximum Gasteiger partial charge on any atom is 0.137 e. The van der Waals surface area contributed by atoms with Gasteiger partial charge in [0.2, 0.25) is 0 Å². The van der Waals surface area contributed by atoms with Gasteiger partial charge in [0.25, 0.3) is 0 Å². The number of nitrogens with zero attached hydrogens (tertiary/aromatic N) is 4. The maximum atomic E-state index is 4.49. The zero-order valence-electron chi connectivity index (χ0n) is 12.7. The van der Waals surface area contributed by atoms with E-state index in [2.05, 4.69) is 64.6 Å². The van der Waals surface area contributed by atoms with Gasteiger partial charge in [-0.25, -0.2) is 4.98 Å². The molecule has 0 fully saturated rings. The van der Waals surface area contributed by atoms with Crippen molar-refractivity contribution >= 4 is 5.65 Å². The minimum atomic E-state index is 0.315. The van der Waals surface area contributed by atoms with Crippen molar-refractivity contribution in [1.82, 2.24) is 19.3 Å². The van der Waals surface area contributed by atoms with Crippen molar-refractivity contribution in [3.8, 4) is 0 Å².